The average Bonchev–Trinajstić information content (AvgIpc) is 2.30. The fourth-order valence-corrected chi connectivity index (χ4v) is 1.44. The van der Waals surface area contributed by atoms with Crippen LogP contribution in [0.2, 0.25) is 5.02 Å². The van der Waals surface area contributed by atoms with E-state index in [1.54, 1.807) is 12.1 Å². The summed E-state index contributed by atoms with van der Waals surface area (Å²) < 4.78 is 4.95. The molecule has 94 valence electrons. The summed E-state index contributed by atoms with van der Waals surface area (Å²) in [6, 6.07) is 2.91. The lowest BCUT2D eigenvalue weighted by molar-refractivity contribution is 0.0874. The van der Waals surface area contributed by atoms with E-state index in [4.69, 9.17) is 21.4 Å². The van der Waals surface area contributed by atoms with Gasteiger partial charge in [-0.05, 0) is 18.6 Å². The van der Waals surface area contributed by atoms with Crippen LogP contribution in [0.1, 0.15) is 16.9 Å². The number of hydrogen-bond acceptors (Lipinski definition) is 4. The molecule has 0 aliphatic heterocycles. The van der Waals surface area contributed by atoms with Crippen LogP contribution < -0.4 is 5.32 Å². The first-order valence-electron chi connectivity index (χ1n) is 5.19. The Bertz CT molecular complexity index is 350. The fraction of sp³-hybridized carbons (Fsp3) is 0.455. The van der Waals surface area contributed by atoms with Gasteiger partial charge < -0.3 is 15.2 Å². The van der Waals surface area contributed by atoms with Gasteiger partial charge in [-0.3, -0.25) is 4.79 Å². The maximum absolute atomic E-state index is 11.8. The number of aromatic nitrogens is 1. The predicted molar refractivity (Wildman–Crippen MR) is 64.1 cm³/mol. The molecule has 1 atom stereocenters. The Balaban J connectivity index is 2.60. The van der Waals surface area contributed by atoms with Crippen molar-refractivity contribution in [2.75, 3.05) is 20.3 Å². The van der Waals surface area contributed by atoms with E-state index in [1.807, 2.05) is 0 Å². The number of rotatable bonds is 6. The first kappa shape index (κ1) is 13.9. The highest BCUT2D eigenvalue weighted by Gasteiger charge is 2.13. The third-order valence-electron chi connectivity index (χ3n) is 2.14. The maximum Gasteiger partial charge on any atom is 0.270 e. The van der Waals surface area contributed by atoms with Crippen molar-refractivity contribution in [1.29, 1.82) is 0 Å². The molecule has 0 saturated carbocycles. The van der Waals surface area contributed by atoms with Gasteiger partial charge in [0.1, 0.15) is 5.69 Å². The quantitative estimate of drug-likeness (QED) is 0.794. The molecule has 0 radical (unpaired) electrons. The highest BCUT2D eigenvalue weighted by Crippen LogP contribution is 2.06. The van der Waals surface area contributed by atoms with Crippen LogP contribution in [0.15, 0.2) is 18.3 Å². The lowest BCUT2D eigenvalue weighted by Crippen LogP contribution is -2.39. The van der Waals surface area contributed by atoms with Crippen LogP contribution >= 0.6 is 11.6 Å². The van der Waals surface area contributed by atoms with Crippen LogP contribution in [0.3, 0.4) is 0 Å². The van der Waals surface area contributed by atoms with E-state index in [1.165, 1.54) is 13.3 Å². The molecule has 17 heavy (non-hydrogen) atoms. The van der Waals surface area contributed by atoms with E-state index >= 15 is 0 Å². The number of carbonyl (C=O) groups is 1. The van der Waals surface area contributed by atoms with Crippen molar-refractivity contribution >= 4 is 17.5 Å². The van der Waals surface area contributed by atoms with Gasteiger partial charge in [-0.25, -0.2) is 4.98 Å². The Morgan fingerprint density at radius 3 is 2.94 bits per heavy atom. The molecule has 6 heteroatoms. The molecule has 1 aromatic heterocycles. The number of halogens is 1. The standard InChI is InChI=1S/C11H15ClN2O3/c1-17-7-9(4-5-15)14-11(16)10-3-2-8(12)6-13-10/h2-3,6,9,15H,4-5,7H2,1H3,(H,14,16). The van der Waals surface area contributed by atoms with Gasteiger partial charge in [0.2, 0.25) is 0 Å². The minimum absolute atomic E-state index is 0.0116. The number of carbonyl (C=O) groups excluding carboxylic acids is 1. The Morgan fingerprint density at radius 2 is 2.41 bits per heavy atom. The highest BCUT2D eigenvalue weighted by molar-refractivity contribution is 6.30. The number of ether oxygens (including phenoxy) is 1. The summed E-state index contributed by atoms with van der Waals surface area (Å²) in [6.45, 7) is 0.336. The number of methoxy groups -OCH3 is 1. The van der Waals surface area contributed by atoms with Crippen LogP contribution in [-0.4, -0.2) is 42.4 Å². The lowest BCUT2D eigenvalue weighted by Gasteiger charge is -2.16. The second kappa shape index (κ2) is 7.21. The third kappa shape index (κ3) is 4.68. The van der Waals surface area contributed by atoms with E-state index in [9.17, 15) is 4.79 Å². The second-order valence-electron chi connectivity index (χ2n) is 3.50. The van der Waals surface area contributed by atoms with Gasteiger partial charge in [-0.2, -0.15) is 0 Å². The largest absolute Gasteiger partial charge is 0.396 e. The van der Waals surface area contributed by atoms with Crippen molar-refractivity contribution in [2.24, 2.45) is 0 Å². The molecule has 1 rings (SSSR count). The number of aliphatic hydroxyl groups excluding tert-OH is 1. The minimum atomic E-state index is -0.308. The van der Waals surface area contributed by atoms with Crippen LogP contribution in [0.25, 0.3) is 0 Å². The Morgan fingerprint density at radius 1 is 1.65 bits per heavy atom. The van der Waals surface area contributed by atoms with Gasteiger partial charge in [-0.1, -0.05) is 11.6 Å². The zero-order valence-electron chi connectivity index (χ0n) is 9.52. The normalized spacial score (nSPS) is 12.2. The molecule has 0 aliphatic rings. The zero-order valence-corrected chi connectivity index (χ0v) is 10.3. The zero-order chi connectivity index (χ0) is 12.7. The molecule has 1 unspecified atom stereocenters. The van der Waals surface area contributed by atoms with Crippen molar-refractivity contribution in [3.05, 3.63) is 29.0 Å². The molecule has 1 heterocycles. The number of nitrogens with one attached hydrogen (secondary N) is 1. The average molecular weight is 259 g/mol. The maximum atomic E-state index is 11.8. The Labute approximate surface area is 105 Å². The Kier molecular flexibility index (Phi) is 5.90. The van der Waals surface area contributed by atoms with Gasteiger partial charge in [0.25, 0.3) is 5.91 Å². The summed E-state index contributed by atoms with van der Waals surface area (Å²) in [6.07, 6.45) is 1.85. The summed E-state index contributed by atoms with van der Waals surface area (Å²) in [4.78, 5) is 15.7. The molecule has 0 fully saturated rings. The monoisotopic (exact) mass is 258 g/mol. The third-order valence-corrected chi connectivity index (χ3v) is 2.36. The number of nitrogens with zero attached hydrogens (tertiary/aromatic N) is 1. The van der Waals surface area contributed by atoms with Gasteiger partial charge in [0, 0.05) is 19.9 Å². The molecule has 1 aromatic rings. The van der Waals surface area contributed by atoms with Gasteiger partial charge in [0.05, 0.1) is 17.7 Å². The molecule has 5 nitrogen and oxygen atoms in total. The lowest BCUT2D eigenvalue weighted by atomic mass is 10.2. The molecule has 1 amide bonds. The fourth-order valence-electron chi connectivity index (χ4n) is 1.32. The molecular formula is C11H15ClN2O3. The van der Waals surface area contributed by atoms with Crippen molar-refractivity contribution in [3.8, 4) is 0 Å². The molecule has 0 spiro atoms. The van der Waals surface area contributed by atoms with Gasteiger partial charge in [0.15, 0.2) is 0 Å². The summed E-state index contributed by atoms with van der Waals surface area (Å²) in [7, 11) is 1.54. The van der Waals surface area contributed by atoms with Crippen LogP contribution in [0.5, 0.6) is 0 Å². The summed E-state index contributed by atoms with van der Waals surface area (Å²) in [5, 5.41) is 12.0. The van der Waals surface area contributed by atoms with E-state index < -0.39 is 0 Å². The number of pyridine rings is 1. The molecule has 2 N–H and O–H groups in total. The van der Waals surface area contributed by atoms with Gasteiger partial charge >= 0.3 is 0 Å². The van der Waals surface area contributed by atoms with Crippen LogP contribution in [0, 0.1) is 0 Å². The number of amides is 1. The van der Waals surface area contributed by atoms with E-state index in [0.29, 0.717) is 18.1 Å². The highest BCUT2D eigenvalue weighted by atomic mass is 35.5. The topological polar surface area (TPSA) is 71.5 Å². The van der Waals surface area contributed by atoms with Gasteiger partial charge in [-0.15, -0.1) is 0 Å². The Hall–Kier alpha value is -1.17. The van der Waals surface area contributed by atoms with Crippen LogP contribution in [0.4, 0.5) is 0 Å². The molecule has 0 aliphatic carbocycles. The molecule has 0 saturated heterocycles. The number of hydrogen-bond donors (Lipinski definition) is 2. The van der Waals surface area contributed by atoms with Crippen molar-refractivity contribution in [1.82, 2.24) is 10.3 Å². The summed E-state index contributed by atoms with van der Waals surface area (Å²) in [5.74, 6) is -0.308. The molecular weight excluding hydrogens is 244 g/mol. The minimum Gasteiger partial charge on any atom is -0.396 e. The molecule has 0 bridgehead atoms. The smallest absolute Gasteiger partial charge is 0.270 e. The van der Waals surface area contributed by atoms with E-state index in [0.717, 1.165) is 0 Å². The van der Waals surface area contributed by atoms with Crippen molar-refractivity contribution in [2.45, 2.75) is 12.5 Å². The molecule has 0 aromatic carbocycles. The number of aliphatic hydroxyl groups is 1. The second-order valence-corrected chi connectivity index (χ2v) is 3.94. The van der Waals surface area contributed by atoms with Crippen LogP contribution in [-0.2, 0) is 4.74 Å². The first-order valence-corrected chi connectivity index (χ1v) is 5.57. The SMILES string of the molecule is COCC(CCO)NC(=O)c1ccc(Cl)cn1. The summed E-state index contributed by atoms with van der Waals surface area (Å²) in [5.41, 5.74) is 0.286. The van der Waals surface area contributed by atoms with E-state index in [-0.39, 0.29) is 24.2 Å². The first-order chi connectivity index (χ1) is 8.17. The van der Waals surface area contributed by atoms with Crippen molar-refractivity contribution in [3.63, 3.8) is 0 Å². The van der Waals surface area contributed by atoms with Crippen molar-refractivity contribution < 1.29 is 14.6 Å². The summed E-state index contributed by atoms with van der Waals surface area (Å²) >= 11 is 5.67. The van der Waals surface area contributed by atoms with E-state index in [2.05, 4.69) is 10.3 Å². The predicted octanol–water partition coefficient (Wildman–Crippen LogP) is 0.862.